The van der Waals surface area contributed by atoms with Crippen molar-refractivity contribution in [2.45, 2.75) is 58.7 Å². The predicted molar refractivity (Wildman–Crippen MR) is 105 cm³/mol. The first-order chi connectivity index (χ1) is 13.3. The molecule has 6 nitrogen and oxygen atoms in total. The SMILES string of the molecule is C=CCC1(C/C=C/CC2(C/C=C/CC)C(=O)OCOC2=O)COC(C)(C)OC1. The summed E-state index contributed by atoms with van der Waals surface area (Å²) in [5, 5.41) is 0. The number of allylic oxidation sites excluding steroid dienone is 5. The smallest absolute Gasteiger partial charge is 0.327 e. The molecule has 0 bridgehead atoms. The van der Waals surface area contributed by atoms with Crippen molar-refractivity contribution < 1.29 is 28.5 Å². The Hall–Kier alpha value is -1.92. The summed E-state index contributed by atoms with van der Waals surface area (Å²) in [6.45, 7) is 10.4. The van der Waals surface area contributed by atoms with Crippen LogP contribution in [0.25, 0.3) is 0 Å². The Morgan fingerprint density at radius 2 is 1.43 bits per heavy atom. The van der Waals surface area contributed by atoms with Gasteiger partial charge in [-0.2, -0.15) is 0 Å². The first-order valence-corrected chi connectivity index (χ1v) is 9.82. The van der Waals surface area contributed by atoms with Crippen LogP contribution in [0.1, 0.15) is 52.9 Å². The van der Waals surface area contributed by atoms with Gasteiger partial charge in [-0.25, -0.2) is 0 Å². The van der Waals surface area contributed by atoms with E-state index in [1.165, 1.54) is 0 Å². The minimum Gasteiger partial charge on any atom is -0.427 e. The first kappa shape index (κ1) is 22.4. The van der Waals surface area contributed by atoms with Gasteiger partial charge >= 0.3 is 11.9 Å². The molecule has 2 rings (SSSR count). The van der Waals surface area contributed by atoms with Crippen molar-refractivity contribution in [1.29, 1.82) is 0 Å². The number of esters is 2. The summed E-state index contributed by atoms with van der Waals surface area (Å²) in [6.07, 6.45) is 12.2. The maximum Gasteiger partial charge on any atom is 0.327 e. The summed E-state index contributed by atoms with van der Waals surface area (Å²) in [4.78, 5) is 24.8. The highest BCUT2D eigenvalue weighted by atomic mass is 16.7. The lowest BCUT2D eigenvalue weighted by atomic mass is 9.78. The Bertz CT molecular complexity index is 605. The van der Waals surface area contributed by atoms with E-state index in [4.69, 9.17) is 18.9 Å². The average molecular weight is 392 g/mol. The minimum absolute atomic E-state index is 0.198. The summed E-state index contributed by atoms with van der Waals surface area (Å²) in [5.74, 6) is -1.64. The van der Waals surface area contributed by atoms with E-state index in [0.717, 1.165) is 12.8 Å². The van der Waals surface area contributed by atoms with Crippen LogP contribution in [0.15, 0.2) is 37.0 Å². The number of hydrogen-bond acceptors (Lipinski definition) is 6. The van der Waals surface area contributed by atoms with Gasteiger partial charge in [-0.3, -0.25) is 9.59 Å². The van der Waals surface area contributed by atoms with Crippen molar-refractivity contribution in [1.82, 2.24) is 0 Å². The van der Waals surface area contributed by atoms with E-state index in [1.807, 2.05) is 51.2 Å². The molecule has 2 fully saturated rings. The molecule has 2 heterocycles. The quantitative estimate of drug-likeness (QED) is 0.335. The summed E-state index contributed by atoms with van der Waals surface area (Å²) >= 11 is 0. The third-order valence-corrected chi connectivity index (χ3v) is 5.24. The van der Waals surface area contributed by atoms with E-state index in [1.54, 1.807) is 0 Å². The molecule has 6 heteroatoms. The zero-order chi connectivity index (χ0) is 20.7. The van der Waals surface area contributed by atoms with E-state index in [0.29, 0.717) is 19.6 Å². The van der Waals surface area contributed by atoms with Gasteiger partial charge in [0.25, 0.3) is 0 Å². The van der Waals surface area contributed by atoms with Crippen molar-refractivity contribution in [2.75, 3.05) is 20.0 Å². The topological polar surface area (TPSA) is 71.1 Å². The standard InChI is InChI=1S/C22H32O6/c1-5-7-8-13-22(18(23)25-17-26-19(22)24)14-10-9-12-21(11-6-2)15-27-20(3,4)28-16-21/h6-10H,2,5,11-17H2,1,3-4H3/b8-7+,10-9+. The Labute approximate surface area is 167 Å². The molecular formula is C22H32O6. The number of hydrogen-bond donors (Lipinski definition) is 0. The third-order valence-electron chi connectivity index (χ3n) is 5.24. The number of ether oxygens (including phenoxy) is 4. The number of carbonyl (C=O) groups is 2. The average Bonchev–Trinajstić information content (AvgIpc) is 2.65. The van der Waals surface area contributed by atoms with Crippen molar-refractivity contribution in [3.63, 3.8) is 0 Å². The summed E-state index contributed by atoms with van der Waals surface area (Å²) in [7, 11) is 0. The Morgan fingerprint density at radius 1 is 0.893 bits per heavy atom. The second kappa shape index (κ2) is 9.52. The highest BCUT2D eigenvalue weighted by Crippen LogP contribution is 2.38. The molecule has 2 saturated heterocycles. The molecule has 0 radical (unpaired) electrons. The van der Waals surface area contributed by atoms with E-state index >= 15 is 0 Å². The lowest BCUT2D eigenvalue weighted by Crippen LogP contribution is -2.46. The lowest BCUT2D eigenvalue weighted by molar-refractivity contribution is -0.284. The van der Waals surface area contributed by atoms with Crippen molar-refractivity contribution >= 4 is 11.9 Å². The fraction of sp³-hybridized carbons (Fsp3) is 0.636. The molecule has 0 aromatic heterocycles. The molecule has 0 atom stereocenters. The Kier molecular flexibility index (Phi) is 7.61. The monoisotopic (exact) mass is 392 g/mol. The number of carbonyl (C=O) groups excluding carboxylic acids is 2. The van der Waals surface area contributed by atoms with Gasteiger partial charge in [0.05, 0.1) is 13.2 Å². The molecule has 2 aliphatic heterocycles. The molecule has 2 aliphatic rings. The molecular weight excluding hydrogens is 360 g/mol. The fourth-order valence-electron chi connectivity index (χ4n) is 3.34. The molecule has 28 heavy (non-hydrogen) atoms. The van der Waals surface area contributed by atoms with E-state index in [9.17, 15) is 9.59 Å². The van der Waals surface area contributed by atoms with Crippen LogP contribution in [0.4, 0.5) is 0 Å². The largest absolute Gasteiger partial charge is 0.427 e. The van der Waals surface area contributed by atoms with Gasteiger partial charge in [0, 0.05) is 5.41 Å². The molecule has 0 saturated carbocycles. The zero-order valence-electron chi connectivity index (χ0n) is 17.2. The Balaban J connectivity index is 2.07. The number of cyclic esters (lactones) is 2. The van der Waals surface area contributed by atoms with Crippen molar-refractivity contribution in [2.24, 2.45) is 10.8 Å². The summed E-state index contributed by atoms with van der Waals surface area (Å²) in [6, 6.07) is 0. The minimum atomic E-state index is -1.31. The molecule has 0 N–H and O–H groups in total. The van der Waals surface area contributed by atoms with Gasteiger partial charge in [0.2, 0.25) is 6.79 Å². The van der Waals surface area contributed by atoms with Gasteiger partial charge in [-0.05, 0) is 46.0 Å². The van der Waals surface area contributed by atoms with Gasteiger partial charge in [-0.15, -0.1) is 6.58 Å². The first-order valence-electron chi connectivity index (χ1n) is 9.82. The van der Waals surface area contributed by atoms with E-state index in [-0.39, 0.29) is 25.0 Å². The molecule has 0 unspecified atom stereocenters. The summed E-state index contributed by atoms with van der Waals surface area (Å²) < 4.78 is 21.7. The second-order valence-corrected chi connectivity index (χ2v) is 8.00. The molecule has 0 aromatic carbocycles. The van der Waals surface area contributed by atoms with Gasteiger partial charge in [0.15, 0.2) is 11.2 Å². The van der Waals surface area contributed by atoms with Crippen LogP contribution in [-0.2, 0) is 28.5 Å². The van der Waals surface area contributed by atoms with Gasteiger partial charge in [-0.1, -0.05) is 37.3 Å². The third kappa shape index (κ3) is 5.32. The number of rotatable bonds is 9. The lowest BCUT2D eigenvalue weighted by Gasteiger charge is -2.42. The van der Waals surface area contributed by atoms with Gasteiger partial charge in [0.1, 0.15) is 0 Å². The van der Waals surface area contributed by atoms with Crippen LogP contribution in [0.5, 0.6) is 0 Å². The van der Waals surface area contributed by atoms with Crippen LogP contribution < -0.4 is 0 Å². The molecule has 0 aliphatic carbocycles. The molecule has 0 spiro atoms. The highest BCUT2D eigenvalue weighted by Gasteiger charge is 2.50. The Morgan fingerprint density at radius 3 is 1.96 bits per heavy atom. The van der Waals surface area contributed by atoms with Crippen LogP contribution in [0.2, 0.25) is 0 Å². The van der Waals surface area contributed by atoms with Crippen LogP contribution in [0, 0.1) is 10.8 Å². The van der Waals surface area contributed by atoms with Crippen LogP contribution in [0.3, 0.4) is 0 Å². The predicted octanol–water partition coefficient (Wildman–Crippen LogP) is 4.07. The summed E-state index contributed by atoms with van der Waals surface area (Å²) in [5.41, 5.74) is -1.51. The fourth-order valence-corrected chi connectivity index (χ4v) is 3.34. The zero-order valence-corrected chi connectivity index (χ0v) is 17.2. The highest BCUT2D eigenvalue weighted by molar-refractivity contribution is 6.01. The van der Waals surface area contributed by atoms with Crippen molar-refractivity contribution in [3.05, 3.63) is 37.0 Å². The molecule has 0 amide bonds. The van der Waals surface area contributed by atoms with Crippen LogP contribution >= 0.6 is 0 Å². The van der Waals surface area contributed by atoms with Crippen LogP contribution in [-0.4, -0.2) is 37.7 Å². The van der Waals surface area contributed by atoms with Crippen molar-refractivity contribution in [3.8, 4) is 0 Å². The van der Waals surface area contributed by atoms with Gasteiger partial charge < -0.3 is 18.9 Å². The van der Waals surface area contributed by atoms with E-state index < -0.39 is 23.1 Å². The van der Waals surface area contributed by atoms with E-state index in [2.05, 4.69) is 6.58 Å². The second-order valence-electron chi connectivity index (χ2n) is 8.00. The normalized spacial score (nSPS) is 23.5. The molecule has 0 aromatic rings. The molecule has 156 valence electrons. The maximum absolute atomic E-state index is 12.4. The maximum atomic E-state index is 12.4.